The van der Waals surface area contributed by atoms with Crippen LogP contribution in [-0.2, 0) is 22.6 Å². The van der Waals surface area contributed by atoms with Gasteiger partial charge in [0.2, 0.25) is 11.8 Å². The molecule has 0 fully saturated rings. The van der Waals surface area contributed by atoms with E-state index in [4.69, 9.17) is 0 Å². The summed E-state index contributed by atoms with van der Waals surface area (Å²) in [5.41, 5.74) is 4.49. The minimum atomic E-state index is -0.143. The largest absolute Gasteiger partial charge is 0.378 e. The molecule has 0 saturated heterocycles. The number of aromatic amines is 1. The number of anilines is 1. The summed E-state index contributed by atoms with van der Waals surface area (Å²) in [5, 5.41) is 1.19. The van der Waals surface area contributed by atoms with Crippen molar-refractivity contribution in [3.63, 3.8) is 0 Å². The van der Waals surface area contributed by atoms with Crippen molar-refractivity contribution in [3.8, 4) is 0 Å². The van der Waals surface area contributed by atoms with Gasteiger partial charge >= 0.3 is 0 Å². The maximum atomic E-state index is 13.6. The first-order valence-corrected chi connectivity index (χ1v) is 12.6. The zero-order valence-corrected chi connectivity index (χ0v) is 22.0. The van der Waals surface area contributed by atoms with E-state index in [9.17, 15) is 9.59 Å². The molecule has 1 heterocycles. The van der Waals surface area contributed by atoms with Crippen LogP contribution in [0.1, 0.15) is 45.2 Å². The van der Waals surface area contributed by atoms with E-state index >= 15 is 0 Å². The normalized spacial score (nSPS) is 12.1. The van der Waals surface area contributed by atoms with Crippen LogP contribution in [0.15, 0.2) is 54.7 Å². The van der Waals surface area contributed by atoms with Gasteiger partial charge in [0.15, 0.2) is 0 Å². The topological polar surface area (TPSA) is 59.7 Å². The van der Waals surface area contributed by atoms with Crippen molar-refractivity contribution in [3.05, 3.63) is 65.9 Å². The Morgan fingerprint density at radius 2 is 1.66 bits per heavy atom. The van der Waals surface area contributed by atoms with E-state index in [0.29, 0.717) is 13.1 Å². The number of fused-ring (bicyclic) bond motifs is 1. The molecule has 1 unspecified atom stereocenters. The first-order chi connectivity index (χ1) is 16.7. The number of nitrogens with one attached hydrogen (secondary N) is 1. The van der Waals surface area contributed by atoms with Gasteiger partial charge in [0.05, 0.1) is 0 Å². The smallest absolute Gasteiger partial charge is 0.242 e. The Bertz CT molecular complexity index is 1120. The van der Waals surface area contributed by atoms with E-state index < -0.39 is 0 Å². The quantitative estimate of drug-likeness (QED) is 0.419. The van der Waals surface area contributed by atoms with Crippen molar-refractivity contribution in [2.45, 2.75) is 53.1 Å². The fraction of sp³-hybridized carbons (Fsp3) is 0.448. The van der Waals surface area contributed by atoms with Crippen molar-refractivity contribution in [1.82, 2.24) is 14.8 Å². The van der Waals surface area contributed by atoms with Gasteiger partial charge in [-0.3, -0.25) is 9.59 Å². The third-order valence-corrected chi connectivity index (χ3v) is 6.71. The number of hydrogen-bond donors (Lipinski definition) is 1. The second kappa shape index (κ2) is 11.9. The standard InChI is InChI=1S/C29H40N4O2/c1-7-22(4)33(29(35)21(2)3)20-28(34)32(19-23-12-14-25(15-13-23)31(5)6)17-16-24-18-30-27-11-9-8-10-26(24)27/h8-15,18,21-22,30H,7,16-17,19-20H2,1-6H3. The molecule has 1 aromatic heterocycles. The number of nitrogens with zero attached hydrogens (tertiary/aromatic N) is 3. The Kier molecular flexibility index (Phi) is 8.96. The van der Waals surface area contributed by atoms with Gasteiger partial charge in [-0.1, -0.05) is 51.1 Å². The lowest BCUT2D eigenvalue weighted by atomic mass is 10.1. The maximum Gasteiger partial charge on any atom is 0.242 e. The molecule has 6 nitrogen and oxygen atoms in total. The van der Waals surface area contributed by atoms with Gasteiger partial charge in [-0.15, -0.1) is 0 Å². The van der Waals surface area contributed by atoms with Gasteiger partial charge in [-0.25, -0.2) is 0 Å². The number of amides is 2. The molecule has 0 spiro atoms. The van der Waals surface area contributed by atoms with Crippen molar-refractivity contribution in [2.24, 2.45) is 5.92 Å². The average Bonchev–Trinajstić information content (AvgIpc) is 3.27. The van der Waals surface area contributed by atoms with Gasteiger partial charge in [-0.2, -0.15) is 0 Å². The summed E-state index contributed by atoms with van der Waals surface area (Å²) < 4.78 is 0. The number of aromatic nitrogens is 1. The van der Waals surface area contributed by atoms with Crippen molar-refractivity contribution in [2.75, 3.05) is 32.1 Å². The molecule has 0 bridgehead atoms. The summed E-state index contributed by atoms with van der Waals surface area (Å²) in [6, 6.07) is 16.6. The van der Waals surface area contributed by atoms with Crippen LogP contribution < -0.4 is 4.90 Å². The average molecular weight is 477 g/mol. The number of carbonyl (C=O) groups is 2. The lowest BCUT2D eigenvalue weighted by Crippen LogP contribution is -2.48. The van der Waals surface area contributed by atoms with E-state index in [1.54, 1.807) is 4.90 Å². The second-order valence-electron chi connectivity index (χ2n) is 9.86. The van der Waals surface area contributed by atoms with Crippen LogP contribution in [0.3, 0.4) is 0 Å². The molecule has 35 heavy (non-hydrogen) atoms. The number of carbonyl (C=O) groups excluding carboxylic acids is 2. The van der Waals surface area contributed by atoms with Gasteiger partial charge < -0.3 is 19.7 Å². The Hall–Kier alpha value is -3.28. The predicted molar refractivity (Wildman–Crippen MR) is 144 cm³/mol. The molecule has 2 aromatic carbocycles. The monoisotopic (exact) mass is 476 g/mol. The fourth-order valence-corrected chi connectivity index (χ4v) is 4.25. The number of H-pyrrole nitrogens is 1. The van der Waals surface area contributed by atoms with Gasteiger partial charge in [-0.05, 0) is 49.1 Å². The third kappa shape index (κ3) is 6.65. The number of benzene rings is 2. The Balaban J connectivity index is 1.82. The van der Waals surface area contributed by atoms with Crippen molar-refractivity contribution in [1.29, 1.82) is 0 Å². The SMILES string of the molecule is CCC(C)N(CC(=O)N(CCc1c[nH]c2ccccc12)Cc1ccc(N(C)C)cc1)C(=O)C(C)C. The van der Waals surface area contributed by atoms with E-state index in [2.05, 4.69) is 53.2 Å². The lowest BCUT2D eigenvalue weighted by Gasteiger charge is -2.32. The molecule has 1 atom stereocenters. The number of para-hydroxylation sites is 1. The summed E-state index contributed by atoms with van der Waals surface area (Å²) in [6.07, 6.45) is 3.59. The van der Waals surface area contributed by atoms with Gasteiger partial charge in [0.1, 0.15) is 6.54 Å². The van der Waals surface area contributed by atoms with E-state index in [1.165, 1.54) is 10.9 Å². The molecule has 0 saturated carbocycles. The van der Waals surface area contributed by atoms with Crippen LogP contribution >= 0.6 is 0 Å². The van der Waals surface area contributed by atoms with Crippen LogP contribution in [-0.4, -0.2) is 59.8 Å². The summed E-state index contributed by atoms with van der Waals surface area (Å²) in [7, 11) is 4.03. The highest BCUT2D eigenvalue weighted by Gasteiger charge is 2.26. The number of rotatable bonds is 11. The lowest BCUT2D eigenvalue weighted by molar-refractivity contribution is -0.144. The number of hydrogen-bond acceptors (Lipinski definition) is 3. The Morgan fingerprint density at radius 1 is 0.971 bits per heavy atom. The molecule has 1 N–H and O–H groups in total. The zero-order chi connectivity index (χ0) is 25.5. The fourth-order valence-electron chi connectivity index (χ4n) is 4.25. The highest BCUT2D eigenvalue weighted by molar-refractivity contribution is 5.86. The molecule has 188 valence electrons. The predicted octanol–water partition coefficient (Wildman–Crippen LogP) is 5.09. The highest BCUT2D eigenvalue weighted by atomic mass is 16.2. The molecule has 6 heteroatoms. The van der Waals surface area contributed by atoms with E-state index in [-0.39, 0.29) is 30.3 Å². The summed E-state index contributed by atoms with van der Waals surface area (Å²) in [6.45, 7) is 9.06. The van der Waals surface area contributed by atoms with Crippen LogP contribution in [0.5, 0.6) is 0 Å². The van der Waals surface area contributed by atoms with Crippen molar-refractivity contribution < 1.29 is 9.59 Å². The second-order valence-corrected chi connectivity index (χ2v) is 9.86. The molecule has 2 amide bonds. The molecule has 0 radical (unpaired) electrons. The molecular weight excluding hydrogens is 436 g/mol. The zero-order valence-electron chi connectivity index (χ0n) is 22.0. The Labute approximate surface area is 209 Å². The molecule has 3 aromatic rings. The molecule has 0 aliphatic rings. The molecule has 0 aliphatic heterocycles. The van der Waals surface area contributed by atoms with Crippen LogP contribution in [0.25, 0.3) is 10.9 Å². The van der Waals surface area contributed by atoms with E-state index in [1.807, 2.05) is 58.1 Å². The van der Waals surface area contributed by atoms with Gasteiger partial charge in [0.25, 0.3) is 0 Å². The highest BCUT2D eigenvalue weighted by Crippen LogP contribution is 2.20. The Morgan fingerprint density at radius 3 is 2.29 bits per heavy atom. The van der Waals surface area contributed by atoms with Crippen LogP contribution in [0, 0.1) is 5.92 Å². The molecule has 0 aliphatic carbocycles. The molecular formula is C29H40N4O2. The van der Waals surface area contributed by atoms with E-state index in [0.717, 1.165) is 29.6 Å². The summed E-state index contributed by atoms with van der Waals surface area (Å²) in [4.78, 5) is 35.6. The maximum absolute atomic E-state index is 13.6. The van der Waals surface area contributed by atoms with Gasteiger partial charge in [0, 0.05) is 61.9 Å². The first-order valence-electron chi connectivity index (χ1n) is 12.6. The third-order valence-electron chi connectivity index (χ3n) is 6.71. The molecule has 3 rings (SSSR count). The first kappa shape index (κ1) is 26.3. The van der Waals surface area contributed by atoms with Crippen molar-refractivity contribution >= 4 is 28.4 Å². The summed E-state index contributed by atoms with van der Waals surface area (Å²) >= 11 is 0. The minimum absolute atomic E-state index is 0.0173. The minimum Gasteiger partial charge on any atom is -0.378 e. The summed E-state index contributed by atoms with van der Waals surface area (Å²) in [5.74, 6) is -0.134. The van der Waals surface area contributed by atoms with Crippen LogP contribution in [0.2, 0.25) is 0 Å². The van der Waals surface area contributed by atoms with Crippen LogP contribution in [0.4, 0.5) is 5.69 Å².